The molecule has 5 nitrogen and oxygen atoms in total. The molecule has 0 bridgehead atoms. The highest BCUT2D eigenvalue weighted by Gasteiger charge is 2.13. The van der Waals surface area contributed by atoms with Crippen LogP contribution in [0.5, 0.6) is 5.75 Å². The second kappa shape index (κ2) is 8.94. The van der Waals surface area contributed by atoms with Crippen LogP contribution in [0, 0.1) is 11.6 Å². The minimum atomic E-state index is -0.847. The van der Waals surface area contributed by atoms with Crippen molar-refractivity contribution in [1.82, 2.24) is 4.90 Å². The Morgan fingerprint density at radius 3 is 2.38 bits per heavy atom. The number of halogens is 2. The number of amides is 2. The van der Waals surface area contributed by atoms with E-state index >= 15 is 0 Å². The van der Waals surface area contributed by atoms with Gasteiger partial charge in [-0.15, -0.1) is 0 Å². The molecule has 0 spiro atoms. The summed E-state index contributed by atoms with van der Waals surface area (Å²) in [5.74, 6) is -1.50. The number of rotatable bonds is 7. The summed E-state index contributed by atoms with van der Waals surface area (Å²) in [5, 5.41) is 2.38. The van der Waals surface area contributed by atoms with Gasteiger partial charge in [-0.25, -0.2) is 8.78 Å². The van der Waals surface area contributed by atoms with Crippen molar-refractivity contribution in [3.05, 3.63) is 59.7 Å². The van der Waals surface area contributed by atoms with Gasteiger partial charge in [0.05, 0.1) is 12.8 Å². The summed E-state index contributed by atoms with van der Waals surface area (Å²) in [5.41, 5.74) is 0.798. The Balaban J connectivity index is 1.92. The maximum absolute atomic E-state index is 13.6. The number of methoxy groups -OCH3 is 1. The molecule has 0 aliphatic heterocycles. The summed E-state index contributed by atoms with van der Waals surface area (Å²) in [4.78, 5) is 25.3. The molecule has 0 aliphatic carbocycles. The predicted molar refractivity (Wildman–Crippen MR) is 93.7 cm³/mol. The fraction of sp³-hybridized carbons (Fsp3) is 0.263. The highest BCUT2D eigenvalue weighted by molar-refractivity contribution is 5.91. The number of ether oxygens (including phenoxy) is 1. The maximum atomic E-state index is 13.6. The standard InChI is InChI=1S/C19H20F2N2O3/c1-13(24)23(12-14-3-6-16(26-2)7-4-14)10-9-19(25)22-18-8-5-15(20)11-17(18)21/h3-8,11H,9-10,12H2,1-2H3,(H,22,25). The predicted octanol–water partition coefficient (Wildman–Crippen LogP) is 3.35. The van der Waals surface area contributed by atoms with E-state index in [2.05, 4.69) is 5.32 Å². The van der Waals surface area contributed by atoms with Gasteiger partial charge in [-0.1, -0.05) is 12.1 Å². The van der Waals surface area contributed by atoms with Crippen molar-refractivity contribution in [2.75, 3.05) is 19.0 Å². The number of anilines is 1. The Labute approximate surface area is 150 Å². The second-order valence-electron chi connectivity index (χ2n) is 5.71. The van der Waals surface area contributed by atoms with E-state index in [9.17, 15) is 18.4 Å². The van der Waals surface area contributed by atoms with Gasteiger partial charge in [0.1, 0.15) is 17.4 Å². The van der Waals surface area contributed by atoms with E-state index < -0.39 is 17.5 Å². The molecule has 2 amide bonds. The van der Waals surface area contributed by atoms with Gasteiger partial charge in [-0.05, 0) is 29.8 Å². The van der Waals surface area contributed by atoms with Crippen LogP contribution in [0.1, 0.15) is 18.9 Å². The van der Waals surface area contributed by atoms with Gasteiger partial charge in [-0.2, -0.15) is 0 Å². The zero-order valence-electron chi connectivity index (χ0n) is 14.6. The van der Waals surface area contributed by atoms with E-state index in [1.165, 1.54) is 11.8 Å². The quantitative estimate of drug-likeness (QED) is 0.822. The summed E-state index contributed by atoms with van der Waals surface area (Å²) in [6, 6.07) is 10.2. The molecule has 0 heterocycles. The lowest BCUT2D eigenvalue weighted by molar-refractivity contribution is -0.129. The second-order valence-corrected chi connectivity index (χ2v) is 5.71. The van der Waals surface area contributed by atoms with Gasteiger partial charge in [0.2, 0.25) is 11.8 Å². The summed E-state index contributed by atoms with van der Waals surface area (Å²) < 4.78 is 31.5. The molecular formula is C19H20F2N2O3. The van der Waals surface area contributed by atoms with Crippen LogP contribution in [-0.2, 0) is 16.1 Å². The van der Waals surface area contributed by atoms with E-state index in [4.69, 9.17) is 4.74 Å². The highest BCUT2D eigenvalue weighted by atomic mass is 19.1. The van der Waals surface area contributed by atoms with Gasteiger partial charge in [-0.3, -0.25) is 9.59 Å². The number of hydrogen-bond donors (Lipinski definition) is 1. The van der Waals surface area contributed by atoms with Gasteiger partial charge in [0, 0.05) is 32.5 Å². The molecular weight excluding hydrogens is 342 g/mol. The number of carbonyl (C=O) groups is 2. The van der Waals surface area contributed by atoms with Crippen LogP contribution in [-0.4, -0.2) is 30.4 Å². The average molecular weight is 362 g/mol. The van der Waals surface area contributed by atoms with Gasteiger partial charge < -0.3 is 15.0 Å². The number of hydrogen-bond acceptors (Lipinski definition) is 3. The topological polar surface area (TPSA) is 58.6 Å². The lowest BCUT2D eigenvalue weighted by Crippen LogP contribution is -2.31. The molecule has 2 aromatic carbocycles. The fourth-order valence-corrected chi connectivity index (χ4v) is 2.34. The first-order valence-corrected chi connectivity index (χ1v) is 8.02. The molecule has 2 rings (SSSR count). The monoisotopic (exact) mass is 362 g/mol. The first kappa shape index (κ1) is 19.4. The zero-order valence-corrected chi connectivity index (χ0v) is 14.6. The molecule has 1 N–H and O–H groups in total. The van der Waals surface area contributed by atoms with E-state index in [0.717, 1.165) is 17.7 Å². The summed E-state index contributed by atoms with van der Waals surface area (Å²) in [6.45, 7) is 1.94. The number of nitrogens with zero attached hydrogens (tertiary/aromatic N) is 1. The molecule has 0 saturated heterocycles. The molecule has 0 aliphatic rings. The Bertz CT molecular complexity index is 779. The lowest BCUT2D eigenvalue weighted by Gasteiger charge is -2.21. The Morgan fingerprint density at radius 2 is 1.81 bits per heavy atom. The number of benzene rings is 2. The summed E-state index contributed by atoms with van der Waals surface area (Å²) in [6.07, 6.45) is -0.00739. The van der Waals surface area contributed by atoms with Crippen molar-refractivity contribution in [3.8, 4) is 5.75 Å². The van der Waals surface area contributed by atoms with Crippen LogP contribution in [0.4, 0.5) is 14.5 Å². The van der Waals surface area contributed by atoms with Crippen LogP contribution >= 0.6 is 0 Å². The molecule has 2 aromatic rings. The molecule has 0 saturated carbocycles. The molecule has 7 heteroatoms. The van der Waals surface area contributed by atoms with Crippen LogP contribution in [0.25, 0.3) is 0 Å². The zero-order chi connectivity index (χ0) is 19.1. The van der Waals surface area contributed by atoms with Crippen molar-refractivity contribution in [1.29, 1.82) is 0 Å². The van der Waals surface area contributed by atoms with E-state index in [1.54, 1.807) is 19.2 Å². The van der Waals surface area contributed by atoms with Crippen molar-refractivity contribution in [2.45, 2.75) is 19.9 Å². The van der Waals surface area contributed by atoms with Crippen LogP contribution in [0.3, 0.4) is 0 Å². The van der Waals surface area contributed by atoms with Crippen molar-refractivity contribution in [2.24, 2.45) is 0 Å². The van der Waals surface area contributed by atoms with Crippen molar-refractivity contribution in [3.63, 3.8) is 0 Å². The molecule has 138 valence electrons. The highest BCUT2D eigenvalue weighted by Crippen LogP contribution is 2.16. The first-order chi connectivity index (χ1) is 12.4. The fourth-order valence-electron chi connectivity index (χ4n) is 2.34. The first-order valence-electron chi connectivity index (χ1n) is 8.02. The minimum Gasteiger partial charge on any atom is -0.497 e. The molecule has 0 atom stereocenters. The van der Waals surface area contributed by atoms with Gasteiger partial charge in [0.15, 0.2) is 0 Å². The SMILES string of the molecule is COc1ccc(CN(CCC(=O)Nc2ccc(F)cc2F)C(C)=O)cc1. The third-order valence-electron chi connectivity index (χ3n) is 3.79. The smallest absolute Gasteiger partial charge is 0.226 e. The van der Waals surface area contributed by atoms with Crippen molar-refractivity contribution >= 4 is 17.5 Å². The van der Waals surface area contributed by atoms with E-state index in [1.807, 2.05) is 12.1 Å². The van der Waals surface area contributed by atoms with E-state index in [0.29, 0.717) is 18.4 Å². The largest absolute Gasteiger partial charge is 0.497 e. The number of carbonyl (C=O) groups excluding carboxylic acids is 2. The van der Waals surface area contributed by atoms with Crippen molar-refractivity contribution < 1.29 is 23.1 Å². The summed E-state index contributed by atoms with van der Waals surface area (Å²) in [7, 11) is 1.57. The molecule has 0 unspecified atom stereocenters. The van der Waals surface area contributed by atoms with Gasteiger partial charge in [0.25, 0.3) is 0 Å². The minimum absolute atomic E-state index is 0.00739. The molecule has 0 radical (unpaired) electrons. The average Bonchev–Trinajstić information content (AvgIpc) is 2.61. The van der Waals surface area contributed by atoms with E-state index in [-0.39, 0.29) is 24.6 Å². The lowest BCUT2D eigenvalue weighted by atomic mass is 10.2. The molecule has 0 aromatic heterocycles. The Morgan fingerprint density at radius 1 is 1.12 bits per heavy atom. The Hall–Kier alpha value is -2.96. The van der Waals surface area contributed by atoms with Crippen LogP contribution in [0.2, 0.25) is 0 Å². The van der Waals surface area contributed by atoms with Gasteiger partial charge >= 0.3 is 0 Å². The third-order valence-corrected chi connectivity index (χ3v) is 3.79. The van der Waals surface area contributed by atoms with Crippen LogP contribution < -0.4 is 10.1 Å². The maximum Gasteiger partial charge on any atom is 0.226 e. The normalized spacial score (nSPS) is 10.3. The van der Waals surface area contributed by atoms with Crippen LogP contribution in [0.15, 0.2) is 42.5 Å². The number of nitrogens with one attached hydrogen (secondary N) is 1. The third kappa shape index (κ3) is 5.54. The molecule has 0 fully saturated rings. The Kier molecular flexibility index (Phi) is 6.66. The molecule has 26 heavy (non-hydrogen) atoms. The summed E-state index contributed by atoms with van der Waals surface area (Å²) >= 11 is 0.